The van der Waals surface area contributed by atoms with Crippen molar-refractivity contribution < 1.29 is 18.0 Å². The topological polar surface area (TPSA) is 95.6 Å². The first-order valence-electron chi connectivity index (χ1n) is 11.1. The number of sulfonamides is 1. The molecule has 1 heterocycles. The van der Waals surface area contributed by atoms with Gasteiger partial charge in [0.2, 0.25) is 15.9 Å². The van der Waals surface area contributed by atoms with E-state index < -0.39 is 15.9 Å². The number of benzene rings is 3. The van der Waals surface area contributed by atoms with E-state index in [4.69, 9.17) is 0 Å². The lowest BCUT2D eigenvalue weighted by molar-refractivity contribution is -0.115. The van der Waals surface area contributed by atoms with Crippen LogP contribution in [0.3, 0.4) is 0 Å². The molecule has 3 aromatic rings. The van der Waals surface area contributed by atoms with E-state index in [9.17, 15) is 18.0 Å². The number of anilines is 1. The van der Waals surface area contributed by atoms with E-state index in [0.29, 0.717) is 24.3 Å². The quantitative estimate of drug-likeness (QED) is 0.579. The van der Waals surface area contributed by atoms with E-state index in [1.54, 1.807) is 24.3 Å². The molecule has 7 nitrogen and oxygen atoms in total. The highest BCUT2D eigenvalue weighted by Gasteiger charge is 2.25. The highest BCUT2D eigenvalue weighted by molar-refractivity contribution is 7.89. The molecular formula is C25H27N3O4S. The highest BCUT2D eigenvalue weighted by Crippen LogP contribution is 2.22. The van der Waals surface area contributed by atoms with Gasteiger partial charge >= 0.3 is 0 Å². The van der Waals surface area contributed by atoms with Gasteiger partial charge in [0.1, 0.15) is 0 Å². The lowest BCUT2D eigenvalue weighted by atomic mass is 10.1. The third-order valence-electron chi connectivity index (χ3n) is 5.76. The van der Waals surface area contributed by atoms with Crippen LogP contribution in [0.5, 0.6) is 0 Å². The summed E-state index contributed by atoms with van der Waals surface area (Å²) in [5.74, 6) is -0.734. The number of rotatable bonds is 6. The van der Waals surface area contributed by atoms with Crippen LogP contribution in [0.4, 0.5) is 5.69 Å². The Kier molecular flexibility index (Phi) is 7.05. The Hall–Kier alpha value is -3.23. The van der Waals surface area contributed by atoms with Gasteiger partial charge in [-0.1, -0.05) is 43.2 Å². The number of carbonyl (C=O) groups is 2. The number of hydrogen-bond acceptors (Lipinski definition) is 4. The van der Waals surface area contributed by atoms with Gasteiger partial charge in [-0.25, -0.2) is 8.42 Å². The summed E-state index contributed by atoms with van der Waals surface area (Å²) in [4.78, 5) is 24.9. The largest absolute Gasteiger partial charge is 0.343 e. The summed E-state index contributed by atoms with van der Waals surface area (Å²) in [5, 5.41) is 7.28. The summed E-state index contributed by atoms with van der Waals surface area (Å²) in [7, 11) is -3.53. The van der Waals surface area contributed by atoms with Crippen molar-refractivity contribution in [2.75, 3.05) is 25.0 Å². The molecule has 0 unspecified atom stereocenters. The standard InChI is InChI=1S/C25H27N3O4S/c29-24(18-26-25(30)21-10-9-19-7-3-4-8-20(19)17-21)27-22-11-13-23(14-12-22)33(31,32)28-15-5-1-2-6-16-28/h3-4,7-14,17H,1-2,5-6,15-16,18H2,(H,26,30)(H,27,29). The Bertz CT molecular complexity index is 1250. The predicted molar refractivity (Wildman–Crippen MR) is 129 cm³/mol. The van der Waals surface area contributed by atoms with Crippen molar-refractivity contribution in [1.29, 1.82) is 0 Å². The van der Waals surface area contributed by atoms with Crippen LogP contribution in [0.25, 0.3) is 10.8 Å². The number of nitrogens with zero attached hydrogens (tertiary/aromatic N) is 1. The summed E-state index contributed by atoms with van der Waals surface area (Å²) in [6, 6.07) is 19.2. The van der Waals surface area contributed by atoms with Gasteiger partial charge in [-0.15, -0.1) is 0 Å². The number of nitrogens with one attached hydrogen (secondary N) is 2. The number of hydrogen-bond donors (Lipinski definition) is 2. The van der Waals surface area contributed by atoms with Gasteiger partial charge in [0.25, 0.3) is 5.91 Å². The monoisotopic (exact) mass is 465 g/mol. The molecular weight excluding hydrogens is 438 g/mol. The second-order valence-corrected chi connectivity index (χ2v) is 10.1. The van der Waals surface area contributed by atoms with E-state index in [1.807, 2.05) is 30.3 Å². The van der Waals surface area contributed by atoms with Crippen molar-refractivity contribution in [3.63, 3.8) is 0 Å². The van der Waals surface area contributed by atoms with E-state index in [2.05, 4.69) is 10.6 Å². The molecule has 8 heteroatoms. The van der Waals surface area contributed by atoms with Gasteiger partial charge in [-0.3, -0.25) is 9.59 Å². The molecule has 1 fully saturated rings. The molecule has 4 rings (SSSR count). The van der Waals surface area contributed by atoms with Gasteiger partial charge in [-0.2, -0.15) is 4.31 Å². The summed E-state index contributed by atoms with van der Waals surface area (Å²) in [6.45, 7) is 0.884. The lowest BCUT2D eigenvalue weighted by Crippen LogP contribution is -2.33. The molecule has 172 valence electrons. The summed E-state index contributed by atoms with van der Waals surface area (Å²) < 4.78 is 27.3. The average Bonchev–Trinajstić information content (AvgIpc) is 3.13. The molecule has 33 heavy (non-hydrogen) atoms. The molecule has 0 spiro atoms. The zero-order valence-corrected chi connectivity index (χ0v) is 19.1. The van der Waals surface area contributed by atoms with Crippen LogP contribution in [0.1, 0.15) is 36.0 Å². The molecule has 0 bridgehead atoms. The van der Waals surface area contributed by atoms with Crippen molar-refractivity contribution in [2.45, 2.75) is 30.6 Å². The Morgan fingerprint density at radius 3 is 2.18 bits per heavy atom. The first kappa shape index (κ1) is 22.9. The Balaban J connectivity index is 1.33. The van der Waals surface area contributed by atoms with Gasteiger partial charge in [-0.05, 0) is 60.0 Å². The second kappa shape index (κ2) is 10.1. The Morgan fingerprint density at radius 2 is 1.48 bits per heavy atom. The molecule has 3 aromatic carbocycles. The maximum absolute atomic E-state index is 12.9. The lowest BCUT2D eigenvalue weighted by Gasteiger charge is -2.20. The molecule has 1 aliphatic rings. The van der Waals surface area contributed by atoms with Crippen molar-refractivity contribution in [1.82, 2.24) is 9.62 Å². The Labute approximate surface area is 193 Å². The highest BCUT2D eigenvalue weighted by atomic mass is 32.2. The van der Waals surface area contributed by atoms with Crippen LogP contribution in [0.2, 0.25) is 0 Å². The first-order valence-corrected chi connectivity index (χ1v) is 12.5. The third-order valence-corrected chi connectivity index (χ3v) is 7.67. The molecule has 0 aromatic heterocycles. The summed E-state index contributed by atoms with van der Waals surface area (Å²) in [6.07, 6.45) is 3.85. The number of carbonyl (C=O) groups excluding carboxylic acids is 2. The molecule has 2 amide bonds. The predicted octanol–water partition coefficient (Wildman–Crippen LogP) is 3.77. The van der Waals surface area contributed by atoms with Crippen molar-refractivity contribution >= 4 is 38.3 Å². The van der Waals surface area contributed by atoms with E-state index in [0.717, 1.165) is 36.5 Å². The zero-order valence-electron chi connectivity index (χ0n) is 18.3. The van der Waals surface area contributed by atoms with E-state index >= 15 is 0 Å². The fraction of sp³-hybridized carbons (Fsp3) is 0.280. The summed E-state index contributed by atoms with van der Waals surface area (Å²) >= 11 is 0. The van der Waals surface area contributed by atoms with Crippen molar-refractivity contribution in [3.8, 4) is 0 Å². The van der Waals surface area contributed by atoms with Crippen LogP contribution >= 0.6 is 0 Å². The van der Waals surface area contributed by atoms with Gasteiger partial charge < -0.3 is 10.6 Å². The average molecular weight is 466 g/mol. The van der Waals surface area contributed by atoms with E-state index in [-0.39, 0.29) is 17.3 Å². The maximum atomic E-state index is 12.9. The molecule has 1 aliphatic heterocycles. The zero-order chi connectivity index (χ0) is 23.3. The van der Waals surface area contributed by atoms with Crippen LogP contribution in [-0.2, 0) is 14.8 Å². The smallest absolute Gasteiger partial charge is 0.251 e. The minimum Gasteiger partial charge on any atom is -0.343 e. The van der Waals surface area contributed by atoms with E-state index in [1.165, 1.54) is 16.4 Å². The van der Waals surface area contributed by atoms with Crippen molar-refractivity contribution in [2.24, 2.45) is 0 Å². The van der Waals surface area contributed by atoms with Gasteiger partial charge in [0.15, 0.2) is 0 Å². The number of amides is 2. The second-order valence-electron chi connectivity index (χ2n) is 8.14. The fourth-order valence-electron chi connectivity index (χ4n) is 3.94. The first-order chi connectivity index (χ1) is 15.9. The number of fused-ring (bicyclic) bond motifs is 1. The maximum Gasteiger partial charge on any atom is 0.251 e. The minimum atomic E-state index is -3.53. The van der Waals surface area contributed by atoms with Crippen LogP contribution in [-0.4, -0.2) is 44.2 Å². The molecule has 0 radical (unpaired) electrons. The molecule has 2 N–H and O–H groups in total. The van der Waals surface area contributed by atoms with Crippen LogP contribution in [0, 0.1) is 0 Å². The summed E-state index contributed by atoms with van der Waals surface area (Å²) in [5.41, 5.74) is 0.944. The van der Waals surface area contributed by atoms with Crippen molar-refractivity contribution in [3.05, 3.63) is 72.3 Å². The molecule has 0 aliphatic carbocycles. The molecule has 0 saturated carbocycles. The SMILES string of the molecule is O=C(CNC(=O)c1ccc2ccccc2c1)Nc1ccc(S(=O)(=O)N2CCCCCC2)cc1. The Morgan fingerprint density at radius 1 is 0.818 bits per heavy atom. The van der Waals surface area contributed by atoms with Gasteiger partial charge in [0, 0.05) is 24.3 Å². The molecule has 1 saturated heterocycles. The minimum absolute atomic E-state index is 0.195. The normalized spacial score (nSPS) is 15.0. The fourth-order valence-corrected chi connectivity index (χ4v) is 5.46. The van der Waals surface area contributed by atoms with Crippen LogP contribution in [0.15, 0.2) is 71.6 Å². The molecule has 0 atom stereocenters. The van der Waals surface area contributed by atoms with Crippen LogP contribution < -0.4 is 10.6 Å². The third kappa shape index (κ3) is 5.58. The van der Waals surface area contributed by atoms with Gasteiger partial charge in [0.05, 0.1) is 11.4 Å².